The van der Waals surface area contributed by atoms with E-state index in [1.54, 1.807) is 22.2 Å². The van der Waals surface area contributed by atoms with Crippen LogP contribution in [-0.2, 0) is 19.9 Å². The van der Waals surface area contributed by atoms with Gasteiger partial charge < -0.3 is 0 Å². The van der Waals surface area contributed by atoms with E-state index in [1.165, 1.54) is 23.3 Å². The summed E-state index contributed by atoms with van der Waals surface area (Å²) in [5.41, 5.74) is 2.28. The summed E-state index contributed by atoms with van der Waals surface area (Å²) in [6.07, 6.45) is 8.43. The predicted octanol–water partition coefficient (Wildman–Crippen LogP) is 3.62. The van der Waals surface area contributed by atoms with E-state index in [2.05, 4.69) is 10.1 Å². The van der Waals surface area contributed by atoms with Crippen molar-refractivity contribution >= 4 is 33.2 Å². The molecule has 0 amide bonds. The van der Waals surface area contributed by atoms with Gasteiger partial charge in [0.25, 0.3) is 0 Å². The Kier molecular flexibility index (Phi) is 2.79. The first-order valence-electron chi connectivity index (χ1n) is 6.69. The monoisotopic (exact) mass is 304 g/mol. The molecule has 0 bridgehead atoms. The molecule has 1 aliphatic rings. The van der Waals surface area contributed by atoms with Crippen molar-refractivity contribution in [2.24, 2.45) is 7.05 Å². The molecule has 0 aromatic carbocycles. The smallest absolute Gasteiger partial charge is 0.165 e. The molecule has 4 rings (SSSR count). The number of aryl methyl sites for hydroxylation is 3. The minimum absolute atomic E-state index is 0.577. The van der Waals surface area contributed by atoms with Crippen molar-refractivity contribution in [2.75, 3.05) is 0 Å². The van der Waals surface area contributed by atoms with Gasteiger partial charge in [-0.3, -0.25) is 4.68 Å². The molecule has 0 saturated heterocycles. The van der Waals surface area contributed by atoms with Gasteiger partial charge in [-0.25, -0.2) is 9.97 Å². The molecule has 3 aromatic rings. The van der Waals surface area contributed by atoms with Crippen LogP contribution in [0.1, 0.15) is 23.3 Å². The topological polar surface area (TPSA) is 43.6 Å². The van der Waals surface area contributed by atoms with Crippen molar-refractivity contribution in [2.45, 2.75) is 25.7 Å². The van der Waals surface area contributed by atoms with Crippen molar-refractivity contribution in [1.29, 1.82) is 0 Å². The second kappa shape index (κ2) is 4.53. The maximum atomic E-state index is 6.43. The maximum Gasteiger partial charge on any atom is 0.165 e. The van der Waals surface area contributed by atoms with E-state index in [-0.39, 0.29) is 0 Å². The van der Waals surface area contributed by atoms with E-state index in [9.17, 15) is 0 Å². The molecule has 0 aliphatic heterocycles. The van der Waals surface area contributed by atoms with Gasteiger partial charge in [0, 0.05) is 18.1 Å². The number of nitrogens with zero attached hydrogens (tertiary/aromatic N) is 4. The Morgan fingerprint density at radius 3 is 2.90 bits per heavy atom. The molecule has 6 heteroatoms. The Hall–Kier alpha value is -1.46. The van der Waals surface area contributed by atoms with Crippen LogP contribution in [0, 0.1) is 0 Å². The number of halogens is 1. The fourth-order valence-electron chi connectivity index (χ4n) is 2.78. The van der Waals surface area contributed by atoms with E-state index < -0.39 is 0 Å². The minimum Gasteiger partial charge on any atom is -0.275 e. The van der Waals surface area contributed by atoms with Gasteiger partial charge in [0.1, 0.15) is 9.98 Å². The first-order chi connectivity index (χ1) is 9.72. The van der Waals surface area contributed by atoms with Gasteiger partial charge in [-0.1, -0.05) is 11.6 Å². The van der Waals surface area contributed by atoms with E-state index in [4.69, 9.17) is 16.6 Å². The second-order valence-corrected chi connectivity index (χ2v) is 6.57. The van der Waals surface area contributed by atoms with Crippen molar-refractivity contribution in [3.05, 3.63) is 28.0 Å². The van der Waals surface area contributed by atoms with Crippen LogP contribution in [-0.4, -0.2) is 19.7 Å². The third kappa shape index (κ3) is 1.84. The first kappa shape index (κ1) is 12.3. The Morgan fingerprint density at radius 2 is 2.10 bits per heavy atom. The molecule has 102 valence electrons. The fourth-order valence-corrected chi connectivity index (χ4v) is 4.38. The molecule has 0 unspecified atom stereocenters. The summed E-state index contributed by atoms with van der Waals surface area (Å²) in [6, 6.07) is 0. The summed E-state index contributed by atoms with van der Waals surface area (Å²) < 4.78 is 1.75. The summed E-state index contributed by atoms with van der Waals surface area (Å²) in [5, 5.41) is 5.81. The fraction of sp³-hybridized carbons (Fsp3) is 0.357. The minimum atomic E-state index is 0.577. The molecule has 3 aromatic heterocycles. The second-order valence-electron chi connectivity index (χ2n) is 5.13. The molecule has 0 fully saturated rings. The lowest BCUT2D eigenvalue weighted by molar-refractivity contribution is 0.700. The zero-order valence-electron chi connectivity index (χ0n) is 11.1. The average molecular weight is 305 g/mol. The lowest BCUT2D eigenvalue weighted by atomic mass is 9.97. The number of fused-ring (bicyclic) bond motifs is 3. The Labute approximate surface area is 125 Å². The molecule has 4 nitrogen and oxygen atoms in total. The normalized spacial score (nSPS) is 14.7. The highest BCUT2D eigenvalue weighted by molar-refractivity contribution is 7.19. The number of rotatable bonds is 1. The van der Waals surface area contributed by atoms with Gasteiger partial charge >= 0.3 is 0 Å². The Balaban J connectivity index is 1.94. The van der Waals surface area contributed by atoms with E-state index in [0.717, 1.165) is 28.6 Å². The van der Waals surface area contributed by atoms with E-state index in [1.807, 2.05) is 13.2 Å². The van der Waals surface area contributed by atoms with Gasteiger partial charge in [-0.2, -0.15) is 5.10 Å². The van der Waals surface area contributed by atoms with Crippen LogP contribution in [0.15, 0.2) is 12.4 Å². The van der Waals surface area contributed by atoms with Crippen molar-refractivity contribution < 1.29 is 0 Å². The SMILES string of the molecule is Cn1cc(-c2nc(Cl)c3c4c(sc3n2)CCCC4)cn1. The zero-order chi connectivity index (χ0) is 13.7. The van der Waals surface area contributed by atoms with Crippen LogP contribution in [0.4, 0.5) is 0 Å². The largest absolute Gasteiger partial charge is 0.275 e. The summed E-state index contributed by atoms with van der Waals surface area (Å²) in [6.45, 7) is 0. The summed E-state index contributed by atoms with van der Waals surface area (Å²) >= 11 is 8.19. The zero-order valence-corrected chi connectivity index (χ0v) is 12.6. The first-order valence-corrected chi connectivity index (χ1v) is 7.88. The highest BCUT2D eigenvalue weighted by atomic mass is 35.5. The standard InChI is InChI=1S/C14H13ClN4S/c1-19-7-8(6-16-19)13-17-12(15)11-9-4-2-3-5-10(9)20-14(11)18-13/h6-7H,2-5H2,1H3. The summed E-state index contributed by atoms with van der Waals surface area (Å²) in [5.74, 6) is 0.661. The Bertz CT molecular complexity index is 805. The summed E-state index contributed by atoms with van der Waals surface area (Å²) in [7, 11) is 1.88. The van der Waals surface area contributed by atoms with E-state index in [0.29, 0.717) is 11.0 Å². The van der Waals surface area contributed by atoms with Crippen LogP contribution in [0.25, 0.3) is 21.6 Å². The molecule has 3 heterocycles. The van der Waals surface area contributed by atoms with Crippen LogP contribution in [0.2, 0.25) is 5.15 Å². The number of hydrogen-bond donors (Lipinski definition) is 0. The van der Waals surface area contributed by atoms with Gasteiger partial charge in [-0.05, 0) is 31.2 Å². The molecular formula is C14H13ClN4S. The third-order valence-corrected chi connectivity index (χ3v) is 5.19. The van der Waals surface area contributed by atoms with Gasteiger partial charge in [0.05, 0.1) is 17.1 Å². The molecule has 0 atom stereocenters. The van der Waals surface area contributed by atoms with Crippen molar-refractivity contribution in [3.63, 3.8) is 0 Å². The third-order valence-electron chi connectivity index (χ3n) is 3.73. The number of thiophene rings is 1. The molecule has 1 aliphatic carbocycles. The summed E-state index contributed by atoms with van der Waals surface area (Å²) in [4.78, 5) is 11.6. The molecular weight excluding hydrogens is 292 g/mol. The maximum absolute atomic E-state index is 6.43. The van der Waals surface area contributed by atoms with Gasteiger partial charge in [0.15, 0.2) is 5.82 Å². The highest BCUT2D eigenvalue weighted by Crippen LogP contribution is 2.39. The van der Waals surface area contributed by atoms with Crippen molar-refractivity contribution in [1.82, 2.24) is 19.7 Å². The quantitative estimate of drug-likeness (QED) is 0.645. The molecule has 0 saturated carbocycles. The Morgan fingerprint density at radius 1 is 1.25 bits per heavy atom. The van der Waals surface area contributed by atoms with Crippen LogP contribution < -0.4 is 0 Å². The van der Waals surface area contributed by atoms with E-state index >= 15 is 0 Å². The highest BCUT2D eigenvalue weighted by Gasteiger charge is 2.20. The average Bonchev–Trinajstić information content (AvgIpc) is 3.01. The number of hydrogen-bond acceptors (Lipinski definition) is 4. The molecule has 0 spiro atoms. The molecule has 0 N–H and O–H groups in total. The van der Waals surface area contributed by atoms with Crippen LogP contribution >= 0.6 is 22.9 Å². The molecule has 20 heavy (non-hydrogen) atoms. The van der Waals surface area contributed by atoms with Crippen molar-refractivity contribution in [3.8, 4) is 11.4 Å². The van der Waals surface area contributed by atoms with Crippen LogP contribution in [0.3, 0.4) is 0 Å². The number of aromatic nitrogens is 4. The lowest BCUT2D eigenvalue weighted by Gasteiger charge is -2.10. The molecule has 0 radical (unpaired) electrons. The predicted molar refractivity (Wildman–Crippen MR) is 81.3 cm³/mol. The van der Waals surface area contributed by atoms with Gasteiger partial charge in [0.2, 0.25) is 0 Å². The van der Waals surface area contributed by atoms with Gasteiger partial charge in [-0.15, -0.1) is 11.3 Å². The van der Waals surface area contributed by atoms with Crippen LogP contribution in [0.5, 0.6) is 0 Å². The lowest BCUT2D eigenvalue weighted by Crippen LogP contribution is -1.98.